The molecule has 1 nitrogen and oxygen atoms in total. The molecule has 2 rings (SSSR count). The molecule has 1 aliphatic rings. The Kier molecular flexibility index (Phi) is 4.50. The van der Waals surface area contributed by atoms with E-state index in [-0.39, 0.29) is 0 Å². The Morgan fingerprint density at radius 1 is 1.00 bits per heavy atom. The van der Waals surface area contributed by atoms with Crippen LogP contribution in [0.25, 0.3) is 0 Å². The van der Waals surface area contributed by atoms with Crippen LogP contribution in [0, 0.1) is 0 Å². The van der Waals surface area contributed by atoms with Crippen molar-refractivity contribution in [2.75, 3.05) is 9.86 Å². The Morgan fingerprint density at radius 3 is 2.19 bits per heavy atom. The van der Waals surface area contributed by atoms with Gasteiger partial charge >= 0.3 is 107 Å². The molecular formula is C14H21IO. The summed E-state index contributed by atoms with van der Waals surface area (Å²) in [7, 11) is 0. The van der Waals surface area contributed by atoms with Crippen LogP contribution in [0.15, 0.2) is 24.3 Å². The van der Waals surface area contributed by atoms with Crippen LogP contribution in [0.2, 0.25) is 0 Å². The number of benzene rings is 1. The molecule has 1 aliphatic carbocycles. The van der Waals surface area contributed by atoms with Gasteiger partial charge in [0.2, 0.25) is 0 Å². The summed E-state index contributed by atoms with van der Waals surface area (Å²) in [6.45, 7) is 0. The van der Waals surface area contributed by atoms with E-state index in [9.17, 15) is 0 Å². The van der Waals surface area contributed by atoms with Crippen LogP contribution in [0.5, 0.6) is 5.75 Å². The van der Waals surface area contributed by atoms with Gasteiger partial charge in [-0.15, -0.1) is 0 Å². The van der Waals surface area contributed by atoms with Crippen LogP contribution in [0.3, 0.4) is 0 Å². The summed E-state index contributed by atoms with van der Waals surface area (Å²) in [4.78, 5) is 4.44. The Labute approximate surface area is 107 Å². The van der Waals surface area contributed by atoms with Crippen molar-refractivity contribution in [3.05, 3.63) is 29.8 Å². The number of hydrogen-bond donors (Lipinski definition) is 0. The van der Waals surface area contributed by atoms with Gasteiger partial charge in [-0.3, -0.25) is 0 Å². The molecule has 0 amide bonds. The van der Waals surface area contributed by atoms with Gasteiger partial charge < -0.3 is 0 Å². The molecule has 0 radical (unpaired) electrons. The first-order valence-electron chi connectivity index (χ1n) is 6.04. The quantitative estimate of drug-likeness (QED) is 0.571. The molecule has 1 fully saturated rings. The molecule has 0 bridgehead atoms. The van der Waals surface area contributed by atoms with Crippen molar-refractivity contribution in [2.45, 2.75) is 38.0 Å². The van der Waals surface area contributed by atoms with Crippen molar-refractivity contribution >= 4 is 20.2 Å². The molecule has 0 aliphatic heterocycles. The molecular weight excluding hydrogens is 311 g/mol. The Morgan fingerprint density at radius 2 is 1.62 bits per heavy atom. The zero-order valence-corrected chi connectivity index (χ0v) is 12.4. The molecule has 1 aromatic carbocycles. The first kappa shape index (κ1) is 12.2. The standard InChI is InChI=1S/C14H21IO/c1-15(2)16-14-10-8-13(9-11-14)12-6-4-3-5-7-12/h8-12H,3-7H2,1-2H3. The molecule has 0 aromatic heterocycles. The number of alkyl halides is 2. The summed E-state index contributed by atoms with van der Waals surface area (Å²) in [5.41, 5.74) is 1.51. The summed E-state index contributed by atoms with van der Waals surface area (Å²) in [6, 6.07) is 8.85. The Balaban J connectivity index is 2.00. The van der Waals surface area contributed by atoms with Crippen molar-refractivity contribution < 1.29 is 3.07 Å². The molecule has 1 aromatic rings. The van der Waals surface area contributed by atoms with Gasteiger partial charge in [-0.25, -0.2) is 0 Å². The summed E-state index contributed by atoms with van der Waals surface area (Å²) in [5.74, 6) is 1.87. The van der Waals surface area contributed by atoms with E-state index in [1.165, 1.54) is 37.7 Å². The summed E-state index contributed by atoms with van der Waals surface area (Å²) in [6.07, 6.45) is 6.99. The zero-order valence-electron chi connectivity index (χ0n) is 10.2. The van der Waals surface area contributed by atoms with Crippen molar-refractivity contribution in [2.24, 2.45) is 0 Å². The maximum absolute atomic E-state index is 5.81. The first-order chi connectivity index (χ1) is 7.75. The molecule has 0 saturated heterocycles. The molecule has 0 unspecified atom stereocenters. The Bertz CT molecular complexity index is 312. The van der Waals surface area contributed by atoms with Gasteiger partial charge in [0.1, 0.15) is 0 Å². The van der Waals surface area contributed by atoms with Gasteiger partial charge in [-0.2, -0.15) is 0 Å². The molecule has 0 heterocycles. The van der Waals surface area contributed by atoms with Crippen molar-refractivity contribution in [1.29, 1.82) is 0 Å². The van der Waals surface area contributed by atoms with Gasteiger partial charge in [0, 0.05) is 0 Å². The average Bonchev–Trinajstić information content (AvgIpc) is 2.30. The molecule has 1 saturated carbocycles. The minimum absolute atomic E-state index is 0.806. The van der Waals surface area contributed by atoms with Crippen molar-refractivity contribution in [3.63, 3.8) is 0 Å². The third-order valence-electron chi connectivity index (χ3n) is 3.20. The molecule has 16 heavy (non-hydrogen) atoms. The summed E-state index contributed by atoms with van der Waals surface area (Å²) in [5, 5.41) is 0. The second-order valence-electron chi connectivity index (χ2n) is 4.67. The van der Waals surface area contributed by atoms with E-state index in [4.69, 9.17) is 3.07 Å². The molecule has 0 spiro atoms. The van der Waals surface area contributed by atoms with Crippen LogP contribution >= 0.6 is 20.2 Å². The van der Waals surface area contributed by atoms with Gasteiger partial charge in [0.05, 0.1) is 0 Å². The summed E-state index contributed by atoms with van der Waals surface area (Å²) < 4.78 is 5.81. The van der Waals surface area contributed by atoms with E-state index in [0.29, 0.717) is 0 Å². The third kappa shape index (κ3) is 3.37. The molecule has 2 heteroatoms. The second kappa shape index (κ2) is 5.89. The fourth-order valence-electron chi connectivity index (χ4n) is 2.41. The van der Waals surface area contributed by atoms with Crippen molar-refractivity contribution in [3.8, 4) is 5.75 Å². The number of halogens is 1. The molecule has 0 N–H and O–H groups in total. The van der Waals surface area contributed by atoms with E-state index in [1.54, 1.807) is 0 Å². The summed E-state index contributed by atoms with van der Waals surface area (Å²) >= 11 is -1.10. The third-order valence-corrected chi connectivity index (χ3v) is 4.59. The second-order valence-corrected chi connectivity index (χ2v) is 9.03. The van der Waals surface area contributed by atoms with Gasteiger partial charge in [-0.05, 0) is 0 Å². The maximum atomic E-state index is 5.81. The van der Waals surface area contributed by atoms with Crippen molar-refractivity contribution in [1.82, 2.24) is 0 Å². The monoisotopic (exact) mass is 332 g/mol. The van der Waals surface area contributed by atoms with E-state index >= 15 is 0 Å². The fraction of sp³-hybridized carbons (Fsp3) is 0.571. The first-order valence-corrected chi connectivity index (χ1v) is 11.2. The van der Waals surface area contributed by atoms with Gasteiger partial charge in [-0.1, -0.05) is 0 Å². The van der Waals surface area contributed by atoms with E-state index < -0.39 is 20.2 Å². The van der Waals surface area contributed by atoms with Crippen LogP contribution in [-0.2, 0) is 0 Å². The number of hydrogen-bond acceptors (Lipinski definition) is 1. The van der Waals surface area contributed by atoms with Crippen LogP contribution in [-0.4, -0.2) is 9.86 Å². The van der Waals surface area contributed by atoms with Crippen LogP contribution < -0.4 is 3.07 Å². The topological polar surface area (TPSA) is 9.23 Å². The minimum atomic E-state index is -1.10. The van der Waals surface area contributed by atoms with Gasteiger partial charge in [0.15, 0.2) is 0 Å². The zero-order chi connectivity index (χ0) is 11.4. The Hall–Kier alpha value is -0.250. The van der Waals surface area contributed by atoms with E-state index in [2.05, 4.69) is 34.1 Å². The molecule has 90 valence electrons. The molecule has 0 atom stereocenters. The normalized spacial score (nSPS) is 18.2. The van der Waals surface area contributed by atoms with Crippen LogP contribution in [0.4, 0.5) is 0 Å². The van der Waals surface area contributed by atoms with Gasteiger partial charge in [0.25, 0.3) is 0 Å². The predicted molar refractivity (Wildman–Crippen MR) is 78.8 cm³/mol. The average molecular weight is 332 g/mol. The number of rotatable bonds is 3. The predicted octanol–water partition coefficient (Wildman–Crippen LogP) is 4.79. The van der Waals surface area contributed by atoms with Crippen LogP contribution in [0.1, 0.15) is 43.6 Å². The van der Waals surface area contributed by atoms with E-state index in [0.717, 1.165) is 11.7 Å². The fourth-order valence-corrected chi connectivity index (χ4v) is 3.72. The van der Waals surface area contributed by atoms with E-state index in [1.807, 2.05) is 0 Å². The SMILES string of the molecule is CI(C)Oc1ccc(C2CCCCC2)cc1.